The summed E-state index contributed by atoms with van der Waals surface area (Å²) in [5, 5.41) is 0. The van der Waals surface area contributed by atoms with E-state index in [4.69, 9.17) is 5.73 Å². The average molecular weight is 182 g/mol. The van der Waals surface area contributed by atoms with Crippen LogP contribution in [0.15, 0.2) is 0 Å². The lowest BCUT2D eigenvalue weighted by Crippen LogP contribution is -2.31. The van der Waals surface area contributed by atoms with Crippen molar-refractivity contribution in [3.05, 3.63) is 0 Å². The van der Waals surface area contributed by atoms with Crippen LogP contribution < -0.4 is 10.5 Å². The molecule has 0 saturated carbocycles. The first kappa shape index (κ1) is 10.3. The van der Waals surface area contributed by atoms with E-state index in [2.05, 4.69) is 4.18 Å². The lowest BCUT2D eigenvalue weighted by Gasteiger charge is -2.02. The fourth-order valence-corrected chi connectivity index (χ4v) is 1.09. The van der Waals surface area contributed by atoms with Gasteiger partial charge in [-0.15, -0.1) is 0 Å². The van der Waals surface area contributed by atoms with Gasteiger partial charge in [0.15, 0.2) is 0 Å². The predicted octanol–water partition coefficient (Wildman–Crippen LogP) is -1.66. The van der Waals surface area contributed by atoms with Gasteiger partial charge in [-0.3, -0.25) is 8.98 Å². The number of carbonyl (C=O) groups excluding carboxylic acids is 1. The number of hydrogen-bond donors (Lipinski definition) is 2. The third-order valence-corrected chi connectivity index (χ3v) is 1.64. The maximum Gasteiger partial charge on any atom is 0.362 e. The maximum absolute atomic E-state index is 10.6. The summed E-state index contributed by atoms with van der Waals surface area (Å²) in [5.74, 6) is -0.693. The van der Waals surface area contributed by atoms with E-state index in [1.165, 1.54) is 0 Å². The van der Waals surface area contributed by atoms with Crippen LogP contribution in [0.1, 0.15) is 6.92 Å². The summed E-state index contributed by atoms with van der Waals surface area (Å²) in [5.41, 5.74) is 4.96. The zero-order valence-electron chi connectivity index (χ0n) is 6.03. The number of rotatable bonds is 4. The van der Waals surface area contributed by atoms with E-state index in [0.29, 0.717) is 0 Å². The molecule has 6 nitrogen and oxygen atoms in total. The highest BCUT2D eigenvalue weighted by Crippen LogP contribution is 1.85. The molecule has 0 saturated heterocycles. The number of nitrogens with two attached hydrogens (primary N) is 1. The first-order chi connectivity index (χ1) is 4.98. The van der Waals surface area contributed by atoms with Gasteiger partial charge in [-0.05, 0) is 0 Å². The molecule has 0 aliphatic heterocycles. The Labute approximate surface area is 65.0 Å². The number of carbonyl (C=O) groups is 1. The van der Waals surface area contributed by atoms with Gasteiger partial charge in [0.1, 0.15) is 0 Å². The summed E-state index contributed by atoms with van der Waals surface area (Å²) in [7, 11) is -3.92. The molecule has 0 aliphatic rings. The Morgan fingerprint density at radius 2 is 2.18 bits per heavy atom. The SMILES string of the molecule is CC(=O)NS(=O)(=O)OCCN. The molecule has 0 bridgehead atoms. The quantitative estimate of drug-likeness (QED) is 0.542. The second-order valence-corrected chi connectivity index (χ2v) is 3.07. The molecule has 0 aromatic carbocycles. The normalized spacial score (nSPS) is 11.1. The number of hydrogen-bond acceptors (Lipinski definition) is 5. The Kier molecular flexibility index (Phi) is 4.01. The Hall–Kier alpha value is -0.660. The predicted molar refractivity (Wildman–Crippen MR) is 37.7 cm³/mol. The first-order valence-electron chi connectivity index (χ1n) is 2.86. The van der Waals surface area contributed by atoms with Gasteiger partial charge in [0.25, 0.3) is 0 Å². The van der Waals surface area contributed by atoms with Crippen molar-refractivity contribution in [2.24, 2.45) is 5.73 Å². The van der Waals surface area contributed by atoms with Gasteiger partial charge in [-0.25, -0.2) is 4.72 Å². The molecule has 0 fully saturated rings. The Bertz CT molecular complexity index is 222. The van der Waals surface area contributed by atoms with E-state index < -0.39 is 16.2 Å². The fourth-order valence-electron chi connectivity index (χ4n) is 0.363. The molecule has 0 atom stereocenters. The molecule has 0 unspecified atom stereocenters. The highest BCUT2D eigenvalue weighted by molar-refractivity contribution is 7.85. The lowest BCUT2D eigenvalue weighted by molar-refractivity contribution is -0.117. The van der Waals surface area contributed by atoms with Crippen LogP contribution in [0, 0.1) is 0 Å². The molecule has 66 valence electrons. The van der Waals surface area contributed by atoms with Crippen LogP contribution in [0.3, 0.4) is 0 Å². The molecule has 0 rings (SSSR count). The summed E-state index contributed by atoms with van der Waals surface area (Å²) in [4.78, 5) is 10.2. The highest BCUT2D eigenvalue weighted by atomic mass is 32.2. The van der Waals surface area contributed by atoms with E-state index >= 15 is 0 Å². The number of nitrogens with one attached hydrogen (secondary N) is 1. The van der Waals surface area contributed by atoms with Crippen LogP contribution in [-0.2, 0) is 19.3 Å². The Morgan fingerprint density at radius 3 is 2.55 bits per heavy atom. The van der Waals surface area contributed by atoms with Gasteiger partial charge in [0.2, 0.25) is 5.91 Å². The molecule has 0 aromatic heterocycles. The summed E-state index contributed by atoms with van der Waals surface area (Å²) in [6, 6.07) is 0. The maximum atomic E-state index is 10.6. The van der Waals surface area contributed by atoms with Crippen molar-refractivity contribution < 1.29 is 17.4 Å². The zero-order chi connectivity index (χ0) is 8.91. The minimum absolute atomic E-state index is 0.0822. The monoisotopic (exact) mass is 182 g/mol. The molecule has 3 N–H and O–H groups in total. The summed E-state index contributed by atoms with van der Waals surface area (Å²) in [6.07, 6.45) is 0. The standard InChI is InChI=1S/C4H10N2O4S/c1-4(7)6-11(8,9)10-3-2-5/h2-3,5H2,1H3,(H,6,7). The van der Waals surface area contributed by atoms with Crippen LogP contribution >= 0.6 is 0 Å². The van der Waals surface area contributed by atoms with Gasteiger partial charge in [-0.2, -0.15) is 8.42 Å². The van der Waals surface area contributed by atoms with E-state index in [1.54, 1.807) is 4.72 Å². The molecule has 0 aromatic rings. The molecular formula is C4H10N2O4S. The Morgan fingerprint density at radius 1 is 1.64 bits per heavy atom. The largest absolute Gasteiger partial charge is 0.362 e. The minimum atomic E-state index is -3.92. The van der Waals surface area contributed by atoms with Gasteiger partial charge in [0.05, 0.1) is 6.61 Å². The van der Waals surface area contributed by atoms with Crippen molar-refractivity contribution in [3.8, 4) is 0 Å². The van der Waals surface area contributed by atoms with Crippen molar-refractivity contribution in [2.75, 3.05) is 13.2 Å². The summed E-state index contributed by atoms with van der Waals surface area (Å²) < 4.78 is 27.0. The second kappa shape index (κ2) is 4.27. The highest BCUT2D eigenvalue weighted by Gasteiger charge is 2.10. The van der Waals surface area contributed by atoms with Crippen LogP contribution in [0.5, 0.6) is 0 Å². The molecule has 1 amide bonds. The van der Waals surface area contributed by atoms with Crippen molar-refractivity contribution in [1.82, 2.24) is 4.72 Å². The second-order valence-electron chi connectivity index (χ2n) is 1.72. The third kappa shape index (κ3) is 5.77. The lowest BCUT2D eigenvalue weighted by atomic mass is 10.8. The minimum Gasteiger partial charge on any atom is -0.328 e. The van der Waals surface area contributed by atoms with E-state index in [9.17, 15) is 13.2 Å². The molecular weight excluding hydrogens is 172 g/mol. The topological polar surface area (TPSA) is 98.5 Å². The zero-order valence-corrected chi connectivity index (χ0v) is 6.85. The molecule has 0 spiro atoms. The first-order valence-corrected chi connectivity index (χ1v) is 4.26. The molecule has 0 aliphatic carbocycles. The molecule has 0 heterocycles. The molecule has 7 heteroatoms. The van der Waals surface area contributed by atoms with Gasteiger partial charge in [-0.1, -0.05) is 0 Å². The van der Waals surface area contributed by atoms with Crippen molar-refractivity contribution >= 4 is 16.2 Å². The van der Waals surface area contributed by atoms with Crippen molar-refractivity contribution in [2.45, 2.75) is 6.92 Å². The third-order valence-electron chi connectivity index (χ3n) is 0.625. The van der Waals surface area contributed by atoms with Gasteiger partial charge < -0.3 is 5.73 Å². The van der Waals surface area contributed by atoms with E-state index in [0.717, 1.165) is 6.92 Å². The Balaban J connectivity index is 3.92. The summed E-state index contributed by atoms with van der Waals surface area (Å²) >= 11 is 0. The van der Waals surface area contributed by atoms with Crippen molar-refractivity contribution in [1.29, 1.82) is 0 Å². The van der Waals surface area contributed by atoms with E-state index in [-0.39, 0.29) is 13.2 Å². The van der Waals surface area contributed by atoms with Crippen LogP contribution in [-0.4, -0.2) is 27.5 Å². The van der Waals surface area contributed by atoms with Crippen LogP contribution in [0.25, 0.3) is 0 Å². The number of amides is 1. The fraction of sp³-hybridized carbons (Fsp3) is 0.750. The molecule has 11 heavy (non-hydrogen) atoms. The van der Waals surface area contributed by atoms with E-state index in [1.807, 2.05) is 0 Å². The average Bonchev–Trinajstić information content (AvgIpc) is 1.81. The van der Waals surface area contributed by atoms with Crippen molar-refractivity contribution in [3.63, 3.8) is 0 Å². The van der Waals surface area contributed by atoms with Crippen LogP contribution in [0.4, 0.5) is 0 Å². The van der Waals surface area contributed by atoms with Crippen LogP contribution in [0.2, 0.25) is 0 Å². The molecule has 0 radical (unpaired) electrons. The van der Waals surface area contributed by atoms with Gasteiger partial charge >= 0.3 is 10.3 Å². The smallest absolute Gasteiger partial charge is 0.328 e. The summed E-state index contributed by atoms with van der Waals surface area (Å²) in [6.45, 7) is 1.02. The van der Waals surface area contributed by atoms with Gasteiger partial charge in [0, 0.05) is 13.5 Å².